The number of sulfonamides is 1. The van der Waals surface area contributed by atoms with E-state index in [-0.39, 0.29) is 37.1 Å². The molecule has 1 amide bonds. The average molecular weight is 520 g/mol. The van der Waals surface area contributed by atoms with Gasteiger partial charge < -0.3 is 14.9 Å². The van der Waals surface area contributed by atoms with Gasteiger partial charge in [-0.1, -0.05) is 42.5 Å². The number of hydrogen-bond acceptors (Lipinski definition) is 5. The molecule has 0 radical (unpaired) electrons. The van der Waals surface area contributed by atoms with Crippen molar-refractivity contribution < 1.29 is 27.5 Å². The van der Waals surface area contributed by atoms with Crippen molar-refractivity contribution in [1.82, 2.24) is 9.21 Å². The standard InChI is InChI=1S/C20H28FN3O5S.C6H6/c1-13-4-5-14(2)30(28,29)24(13)11-16-6-7-17(10-18(16)21)22-8-9-23(15(3)25)19(12-22)20(26)27;1-2-4-6-5-3-1/h6-7,10,13-14,19H,4-5,8-9,11-12H2,1-3H3,(H,26,27);1-6H/t13-,14?,19-;/m0./s1. The number of aliphatic carboxylic acids is 1. The van der Waals surface area contributed by atoms with Crippen molar-refractivity contribution in [1.29, 1.82) is 0 Å². The topological polar surface area (TPSA) is 98.2 Å². The number of rotatable bonds is 4. The molecule has 2 aliphatic rings. The average Bonchev–Trinajstić information content (AvgIpc) is 2.86. The van der Waals surface area contributed by atoms with Gasteiger partial charge in [0.25, 0.3) is 0 Å². The predicted octanol–water partition coefficient (Wildman–Crippen LogP) is 3.34. The van der Waals surface area contributed by atoms with E-state index in [1.165, 1.54) is 22.2 Å². The minimum Gasteiger partial charge on any atom is -0.480 e. The number of carbonyl (C=O) groups is 2. The van der Waals surface area contributed by atoms with E-state index in [0.717, 1.165) is 6.42 Å². The summed E-state index contributed by atoms with van der Waals surface area (Å²) in [6.07, 6.45) is 1.33. The Bertz CT molecular complexity index is 1130. The zero-order valence-electron chi connectivity index (χ0n) is 20.9. The lowest BCUT2D eigenvalue weighted by Gasteiger charge is -2.40. The zero-order chi connectivity index (χ0) is 26.5. The lowest BCUT2D eigenvalue weighted by molar-refractivity contribution is -0.149. The number of hydrogen-bond donors (Lipinski definition) is 1. The summed E-state index contributed by atoms with van der Waals surface area (Å²) in [6, 6.07) is 15.3. The van der Waals surface area contributed by atoms with Crippen molar-refractivity contribution >= 4 is 27.6 Å². The van der Waals surface area contributed by atoms with Crippen LogP contribution < -0.4 is 4.90 Å². The van der Waals surface area contributed by atoms with Gasteiger partial charge in [-0.2, -0.15) is 4.31 Å². The zero-order valence-corrected chi connectivity index (χ0v) is 21.7. The van der Waals surface area contributed by atoms with Gasteiger partial charge in [-0.25, -0.2) is 17.6 Å². The number of amides is 1. The Hall–Kier alpha value is -2.98. The molecule has 0 saturated carbocycles. The summed E-state index contributed by atoms with van der Waals surface area (Å²) in [5, 5.41) is 8.96. The van der Waals surface area contributed by atoms with Crippen molar-refractivity contribution in [2.75, 3.05) is 24.5 Å². The second kappa shape index (κ2) is 11.8. The van der Waals surface area contributed by atoms with Crippen LogP contribution in [0.3, 0.4) is 0 Å². The van der Waals surface area contributed by atoms with E-state index in [9.17, 15) is 27.5 Å². The van der Waals surface area contributed by atoms with Gasteiger partial charge in [-0.3, -0.25) is 4.79 Å². The largest absolute Gasteiger partial charge is 0.480 e. The number of halogens is 1. The molecule has 0 aliphatic carbocycles. The summed E-state index contributed by atoms with van der Waals surface area (Å²) in [6.45, 7) is 5.48. The van der Waals surface area contributed by atoms with Crippen molar-refractivity contribution in [2.24, 2.45) is 0 Å². The smallest absolute Gasteiger partial charge is 0.328 e. The molecule has 196 valence electrons. The van der Waals surface area contributed by atoms with Gasteiger partial charge in [0.15, 0.2) is 0 Å². The minimum atomic E-state index is -3.47. The maximum absolute atomic E-state index is 14.9. The second-order valence-electron chi connectivity index (χ2n) is 9.27. The number of carboxylic acid groups (broad SMARTS) is 1. The van der Waals surface area contributed by atoms with E-state index >= 15 is 0 Å². The highest BCUT2D eigenvalue weighted by Gasteiger charge is 2.38. The third-order valence-corrected chi connectivity index (χ3v) is 9.18. The molecular weight excluding hydrogens is 485 g/mol. The first-order valence-electron chi connectivity index (χ1n) is 12.1. The molecule has 2 saturated heterocycles. The normalized spacial score (nSPS) is 23.9. The van der Waals surface area contributed by atoms with Gasteiger partial charge in [0, 0.05) is 50.4 Å². The third kappa shape index (κ3) is 6.41. The predicted molar refractivity (Wildman–Crippen MR) is 136 cm³/mol. The number of carbonyl (C=O) groups excluding carboxylic acids is 1. The molecule has 2 fully saturated rings. The fraction of sp³-hybridized carbons (Fsp3) is 0.462. The molecule has 0 bridgehead atoms. The highest BCUT2D eigenvalue weighted by molar-refractivity contribution is 7.89. The molecule has 4 rings (SSSR count). The number of nitrogens with zero attached hydrogens (tertiary/aromatic N) is 3. The Morgan fingerprint density at radius 2 is 1.64 bits per heavy atom. The quantitative estimate of drug-likeness (QED) is 0.666. The van der Waals surface area contributed by atoms with Gasteiger partial charge in [0.1, 0.15) is 11.9 Å². The van der Waals surface area contributed by atoms with Gasteiger partial charge in [0.2, 0.25) is 15.9 Å². The van der Waals surface area contributed by atoms with Crippen molar-refractivity contribution in [2.45, 2.75) is 57.5 Å². The fourth-order valence-corrected chi connectivity index (χ4v) is 6.34. The van der Waals surface area contributed by atoms with Crippen LogP contribution >= 0.6 is 0 Å². The van der Waals surface area contributed by atoms with Gasteiger partial charge in [-0.15, -0.1) is 0 Å². The highest BCUT2D eigenvalue weighted by atomic mass is 32.2. The van der Waals surface area contributed by atoms with Crippen LogP contribution in [0.1, 0.15) is 39.2 Å². The maximum atomic E-state index is 14.9. The summed E-state index contributed by atoms with van der Waals surface area (Å²) in [5.74, 6) is -1.95. The first-order chi connectivity index (χ1) is 17.0. The first kappa shape index (κ1) is 27.6. The van der Waals surface area contributed by atoms with E-state index in [0.29, 0.717) is 18.7 Å². The Morgan fingerprint density at radius 1 is 1.03 bits per heavy atom. The summed E-state index contributed by atoms with van der Waals surface area (Å²) in [4.78, 5) is 26.3. The van der Waals surface area contributed by atoms with Crippen molar-refractivity contribution in [3.8, 4) is 0 Å². The van der Waals surface area contributed by atoms with E-state index in [1.54, 1.807) is 24.0 Å². The summed E-state index contributed by atoms with van der Waals surface area (Å²) >= 11 is 0. The van der Waals surface area contributed by atoms with Crippen LogP contribution in [0.15, 0.2) is 54.6 Å². The SMILES string of the molecule is CC(=O)N1CCN(c2ccc(CN3[C@@H](C)CCC(C)S3(=O)=O)c(F)c2)C[C@H]1C(=O)O.c1ccccc1. The highest BCUT2D eigenvalue weighted by Crippen LogP contribution is 2.30. The Morgan fingerprint density at radius 3 is 2.17 bits per heavy atom. The van der Waals surface area contributed by atoms with Crippen LogP contribution in [0.25, 0.3) is 0 Å². The lowest BCUT2D eigenvalue weighted by atomic mass is 10.1. The van der Waals surface area contributed by atoms with Crippen LogP contribution in [0.5, 0.6) is 0 Å². The molecule has 0 aromatic heterocycles. The summed E-state index contributed by atoms with van der Waals surface area (Å²) < 4.78 is 41.5. The van der Waals surface area contributed by atoms with Gasteiger partial charge >= 0.3 is 5.97 Å². The van der Waals surface area contributed by atoms with Crippen LogP contribution in [-0.2, 0) is 26.2 Å². The molecule has 1 unspecified atom stereocenters. The molecular formula is C26H34FN3O5S. The Kier molecular flexibility index (Phi) is 9.08. The van der Waals surface area contributed by atoms with Gasteiger partial charge in [-0.05, 0) is 38.8 Å². The number of benzene rings is 2. The Labute approximate surface area is 212 Å². The fourth-order valence-electron chi connectivity index (χ4n) is 4.52. The van der Waals surface area contributed by atoms with E-state index in [4.69, 9.17) is 0 Å². The molecule has 2 aromatic carbocycles. The number of carboxylic acids is 1. The van der Waals surface area contributed by atoms with E-state index < -0.39 is 33.1 Å². The van der Waals surface area contributed by atoms with E-state index in [1.807, 2.05) is 43.3 Å². The molecule has 36 heavy (non-hydrogen) atoms. The van der Waals surface area contributed by atoms with Crippen LogP contribution in [-0.4, -0.2) is 71.6 Å². The van der Waals surface area contributed by atoms with Crippen LogP contribution in [0.4, 0.5) is 10.1 Å². The molecule has 1 N–H and O–H groups in total. The van der Waals surface area contributed by atoms with Crippen LogP contribution in [0.2, 0.25) is 0 Å². The maximum Gasteiger partial charge on any atom is 0.328 e. The molecule has 0 spiro atoms. The number of anilines is 1. The third-order valence-electron chi connectivity index (χ3n) is 6.78. The van der Waals surface area contributed by atoms with Crippen molar-refractivity contribution in [3.63, 3.8) is 0 Å². The second-order valence-corrected chi connectivity index (χ2v) is 11.6. The number of piperazine rings is 1. The lowest BCUT2D eigenvalue weighted by Crippen LogP contribution is -2.58. The first-order valence-corrected chi connectivity index (χ1v) is 13.6. The van der Waals surface area contributed by atoms with Crippen LogP contribution in [0, 0.1) is 5.82 Å². The summed E-state index contributed by atoms with van der Waals surface area (Å²) in [7, 11) is -3.47. The van der Waals surface area contributed by atoms with E-state index in [2.05, 4.69) is 0 Å². The molecule has 10 heteroatoms. The molecule has 3 atom stereocenters. The minimum absolute atomic E-state index is 0.0319. The Balaban J connectivity index is 0.000000526. The monoisotopic (exact) mass is 519 g/mol. The summed E-state index contributed by atoms with van der Waals surface area (Å²) in [5.41, 5.74) is 0.786. The molecule has 2 aromatic rings. The molecule has 2 heterocycles. The van der Waals surface area contributed by atoms with Crippen molar-refractivity contribution in [3.05, 3.63) is 66.0 Å². The molecule has 2 aliphatic heterocycles. The molecule has 8 nitrogen and oxygen atoms in total. The van der Waals surface area contributed by atoms with Gasteiger partial charge in [0.05, 0.1) is 5.25 Å².